The first-order chi connectivity index (χ1) is 19.3. The number of hydrogen-bond acceptors (Lipinski definition) is 4. The molecule has 0 aliphatic heterocycles. The SMILES string of the molecule is O=C(COc1ccc(Cl)cc1Cl)N(CCN(C(=O)COc1ccc(Cl)cc1Cl)c1ccccc1)c1ccccc1. The molecule has 0 aliphatic carbocycles. The average Bonchev–Trinajstić information content (AvgIpc) is 2.95. The Morgan fingerprint density at radius 3 is 1.27 bits per heavy atom. The van der Waals surface area contributed by atoms with Crippen LogP contribution in [0.1, 0.15) is 0 Å². The number of ether oxygens (including phenoxy) is 2. The zero-order valence-electron chi connectivity index (χ0n) is 21.1. The lowest BCUT2D eigenvalue weighted by Crippen LogP contribution is -2.44. The third-order valence-corrected chi connectivity index (χ3v) is 6.84. The predicted octanol–water partition coefficient (Wildman–Crippen LogP) is 7.82. The van der Waals surface area contributed by atoms with Gasteiger partial charge in [0, 0.05) is 34.5 Å². The van der Waals surface area contributed by atoms with Gasteiger partial charge in [0.15, 0.2) is 13.2 Å². The quantitative estimate of drug-likeness (QED) is 0.172. The van der Waals surface area contributed by atoms with E-state index in [1.807, 2.05) is 60.7 Å². The molecule has 0 radical (unpaired) electrons. The van der Waals surface area contributed by atoms with Gasteiger partial charge >= 0.3 is 0 Å². The standard InChI is InChI=1S/C30H24Cl4N2O4/c31-21-11-13-27(25(33)17-21)39-19-29(37)35(23-7-3-1-4-8-23)15-16-36(24-9-5-2-6-10-24)30(38)20-40-28-14-12-22(32)18-26(28)34/h1-14,17-18H,15-16,19-20H2. The number of carbonyl (C=O) groups excluding carboxylic acids is 2. The van der Waals surface area contributed by atoms with Gasteiger partial charge in [0.2, 0.25) is 0 Å². The van der Waals surface area contributed by atoms with Crippen LogP contribution in [0, 0.1) is 0 Å². The number of amides is 2. The molecule has 10 heteroatoms. The van der Waals surface area contributed by atoms with Crippen molar-refractivity contribution in [2.75, 3.05) is 36.1 Å². The number of carbonyl (C=O) groups is 2. The molecule has 0 aromatic heterocycles. The summed E-state index contributed by atoms with van der Waals surface area (Å²) < 4.78 is 11.4. The van der Waals surface area contributed by atoms with Gasteiger partial charge in [-0.15, -0.1) is 0 Å². The number of hydrogen-bond donors (Lipinski definition) is 0. The molecule has 0 fully saturated rings. The van der Waals surface area contributed by atoms with Crippen LogP contribution >= 0.6 is 46.4 Å². The topological polar surface area (TPSA) is 59.1 Å². The van der Waals surface area contributed by atoms with Crippen molar-refractivity contribution in [1.82, 2.24) is 0 Å². The van der Waals surface area contributed by atoms with Crippen LogP contribution in [0.25, 0.3) is 0 Å². The van der Waals surface area contributed by atoms with Crippen LogP contribution in [-0.4, -0.2) is 38.1 Å². The third kappa shape index (κ3) is 8.05. The fourth-order valence-electron chi connectivity index (χ4n) is 3.83. The first-order valence-electron chi connectivity index (χ1n) is 12.2. The van der Waals surface area contributed by atoms with Crippen LogP contribution in [-0.2, 0) is 9.59 Å². The number of halogens is 4. The molecular formula is C30H24Cl4N2O4. The summed E-state index contributed by atoms with van der Waals surface area (Å²) in [6.45, 7) is -0.173. The number of rotatable bonds is 11. The molecule has 206 valence electrons. The van der Waals surface area contributed by atoms with Gasteiger partial charge in [-0.1, -0.05) is 82.8 Å². The van der Waals surface area contributed by atoms with Crippen molar-refractivity contribution < 1.29 is 19.1 Å². The van der Waals surface area contributed by atoms with Crippen molar-refractivity contribution >= 4 is 69.6 Å². The Morgan fingerprint density at radius 1 is 0.550 bits per heavy atom. The van der Waals surface area contributed by atoms with E-state index in [0.29, 0.717) is 43.0 Å². The van der Waals surface area contributed by atoms with Crippen molar-refractivity contribution in [2.45, 2.75) is 0 Å². The highest BCUT2D eigenvalue weighted by molar-refractivity contribution is 6.36. The molecular weight excluding hydrogens is 594 g/mol. The second-order valence-electron chi connectivity index (χ2n) is 8.49. The van der Waals surface area contributed by atoms with E-state index in [9.17, 15) is 9.59 Å². The maximum atomic E-state index is 13.4. The molecule has 4 aromatic rings. The predicted molar refractivity (Wildman–Crippen MR) is 162 cm³/mol. The Bertz CT molecular complexity index is 1340. The molecule has 0 spiro atoms. The van der Waals surface area contributed by atoms with Crippen molar-refractivity contribution in [3.8, 4) is 11.5 Å². The molecule has 0 atom stereocenters. The third-order valence-electron chi connectivity index (χ3n) is 5.78. The van der Waals surface area contributed by atoms with E-state index >= 15 is 0 Å². The van der Waals surface area contributed by atoms with E-state index in [1.54, 1.807) is 46.2 Å². The summed E-state index contributed by atoms with van der Waals surface area (Å²) in [4.78, 5) is 29.9. The minimum Gasteiger partial charge on any atom is -0.482 e. The Balaban J connectivity index is 1.50. The first-order valence-corrected chi connectivity index (χ1v) is 13.7. The molecule has 6 nitrogen and oxygen atoms in total. The van der Waals surface area contributed by atoms with Gasteiger partial charge in [-0.3, -0.25) is 9.59 Å². The Hall–Kier alpha value is -3.42. The number of nitrogens with zero attached hydrogens (tertiary/aromatic N) is 2. The second kappa shape index (κ2) is 14.3. The van der Waals surface area contributed by atoms with Gasteiger partial charge in [0.25, 0.3) is 11.8 Å². The smallest absolute Gasteiger partial charge is 0.264 e. The van der Waals surface area contributed by atoms with E-state index < -0.39 is 0 Å². The zero-order valence-corrected chi connectivity index (χ0v) is 24.1. The molecule has 40 heavy (non-hydrogen) atoms. The Labute approximate surface area is 252 Å². The lowest BCUT2D eigenvalue weighted by molar-refractivity contribution is -0.122. The zero-order chi connectivity index (χ0) is 28.5. The van der Waals surface area contributed by atoms with Crippen molar-refractivity contribution in [2.24, 2.45) is 0 Å². The number of benzene rings is 4. The Kier molecular flexibility index (Phi) is 10.6. The lowest BCUT2D eigenvalue weighted by Gasteiger charge is -2.28. The van der Waals surface area contributed by atoms with Gasteiger partial charge in [-0.2, -0.15) is 0 Å². The van der Waals surface area contributed by atoms with E-state index in [0.717, 1.165) is 0 Å². The molecule has 0 bridgehead atoms. The summed E-state index contributed by atoms with van der Waals surface area (Å²) in [5.41, 5.74) is 1.31. The molecule has 4 aromatic carbocycles. The van der Waals surface area contributed by atoms with Crippen molar-refractivity contribution in [1.29, 1.82) is 0 Å². The van der Waals surface area contributed by atoms with Crippen LogP contribution in [0.3, 0.4) is 0 Å². The van der Waals surface area contributed by atoms with Gasteiger partial charge in [0.1, 0.15) is 11.5 Å². The summed E-state index contributed by atoms with van der Waals surface area (Å²) >= 11 is 24.3. The normalized spacial score (nSPS) is 10.6. The summed E-state index contributed by atoms with van der Waals surface area (Å²) in [7, 11) is 0. The molecule has 0 saturated carbocycles. The fourth-order valence-corrected chi connectivity index (χ4v) is 4.76. The molecule has 4 rings (SSSR count). The van der Waals surface area contributed by atoms with Crippen LogP contribution in [0.4, 0.5) is 11.4 Å². The number of para-hydroxylation sites is 2. The highest BCUT2D eigenvalue weighted by atomic mass is 35.5. The summed E-state index contributed by atoms with van der Waals surface area (Å²) in [6.07, 6.45) is 0. The maximum Gasteiger partial charge on any atom is 0.264 e. The molecule has 0 saturated heterocycles. The largest absolute Gasteiger partial charge is 0.482 e. The highest BCUT2D eigenvalue weighted by Crippen LogP contribution is 2.29. The molecule has 0 unspecified atom stereocenters. The van der Waals surface area contributed by atoms with Crippen LogP contribution in [0.15, 0.2) is 97.1 Å². The first kappa shape index (κ1) is 29.6. The van der Waals surface area contributed by atoms with Crippen LogP contribution in [0.5, 0.6) is 11.5 Å². The van der Waals surface area contributed by atoms with Gasteiger partial charge in [0.05, 0.1) is 10.0 Å². The minimum atomic E-state index is -0.318. The van der Waals surface area contributed by atoms with Gasteiger partial charge < -0.3 is 19.3 Å². The van der Waals surface area contributed by atoms with Crippen LogP contribution < -0.4 is 19.3 Å². The summed E-state index contributed by atoms with van der Waals surface area (Å²) in [5, 5.41) is 1.52. The van der Waals surface area contributed by atoms with Crippen molar-refractivity contribution in [3.63, 3.8) is 0 Å². The van der Waals surface area contributed by atoms with Crippen molar-refractivity contribution in [3.05, 3.63) is 117 Å². The molecule has 0 N–H and O–H groups in total. The molecule has 0 aliphatic rings. The van der Waals surface area contributed by atoms with E-state index in [4.69, 9.17) is 55.9 Å². The lowest BCUT2D eigenvalue weighted by atomic mass is 10.2. The summed E-state index contributed by atoms with van der Waals surface area (Å²) in [6, 6.07) is 27.8. The molecule has 2 amide bonds. The summed E-state index contributed by atoms with van der Waals surface area (Å²) in [5.74, 6) is 0.0433. The maximum absolute atomic E-state index is 13.4. The van der Waals surface area contributed by atoms with E-state index in [2.05, 4.69) is 0 Å². The minimum absolute atomic E-state index is 0.183. The molecule has 0 heterocycles. The highest BCUT2D eigenvalue weighted by Gasteiger charge is 2.22. The number of anilines is 2. The average molecular weight is 618 g/mol. The fraction of sp³-hybridized carbons (Fsp3) is 0.133. The second-order valence-corrected chi connectivity index (χ2v) is 10.2. The Morgan fingerprint density at radius 2 is 0.925 bits per heavy atom. The van der Waals surface area contributed by atoms with E-state index in [-0.39, 0.29) is 38.1 Å². The van der Waals surface area contributed by atoms with Crippen LogP contribution in [0.2, 0.25) is 20.1 Å². The monoisotopic (exact) mass is 616 g/mol. The van der Waals surface area contributed by atoms with Gasteiger partial charge in [-0.25, -0.2) is 0 Å². The van der Waals surface area contributed by atoms with E-state index in [1.165, 1.54) is 0 Å². The van der Waals surface area contributed by atoms with Gasteiger partial charge in [-0.05, 0) is 60.7 Å².